The second-order valence-electron chi connectivity index (χ2n) is 5.49. The number of anilines is 1. The van der Waals surface area contributed by atoms with Gasteiger partial charge in [0.2, 0.25) is 0 Å². The Morgan fingerprint density at radius 1 is 1.30 bits per heavy atom. The second kappa shape index (κ2) is 5.17. The Bertz CT molecular complexity index is 627. The highest BCUT2D eigenvalue weighted by molar-refractivity contribution is 6.07. The van der Waals surface area contributed by atoms with E-state index in [0.29, 0.717) is 11.3 Å². The van der Waals surface area contributed by atoms with Crippen LogP contribution in [0.4, 0.5) is 5.69 Å². The van der Waals surface area contributed by atoms with Crippen molar-refractivity contribution < 1.29 is 9.90 Å². The van der Waals surface area contributed by atoms with Gasteiger partial charge in [-0.15, -0.1) is 0 Å². The number of amides is 1. The predicted octanol–water partition coefficient (Wildman–Crippen LogP) is 1.78. The van der Waals surface area contributed by atoms with Crippen molar-refractivity contribution in [3.8, 4) is 0 Å². The number of aromatic amines is 1. The summed E-state index contributed by atoms with van der Waals surface area (Å²) in [7, 11) is 0. The van der Waals surface area contributed by atoms with Crippen molar-refractivity contribution in [2.75, 3.05) is 5.73 Å². The summed E-state index contributed by atoms with van der Waals surface area (Å²) < 4.78 is 0. The molecule has 5 nitrogen and oxygen atoms in total. The molecule has 1 fully saturated rings. The summed E-state index contributed by atoms with van der Waals surface area (Å²) in [5, 5.41) is 13.4. The van der Waals surface area contributed by atoms with Gasteiger partial charge in [-0.25, -0.2) is 0 Å². The maximum atomic E-state index is 12.3. The Morgan fingerprint density at radius 3 is 2.80 bits per heavy atom. The number of aliphatic hydroxyl groups excluding tert-OH is 1. The average molecular weight is 273 g/mol. The molecule has 1 aliphatic carbocycles. The first kappa shape index (κ1) is 13.0. The number of nitrogen functional groups attached to an aromatic ring is 1. The molecule has 0 bridgehead atoms. The highest BCUT2D eigenvalue weighted by atomic mass is 16.3. The second-order valence-corrected chi connectivity index (χ2v) is 5.49. The smallest absolute Gasteiger partial charge is 0.253 e. The summed E-state index contributed by atoms with van der Waals surface area (Å²) in [6.07, 6.45) is 4.70. The van der Waals surface area contributed by atoms with Gasteiger partial charge in [-0.1, -0.05) is 0 Å². The van der Waals surface area contributed by atoms with E-state index in [4.69, 9.17) is 5.73 Å². The van der Waals surface area contributed by atoms with E-state index in [9.17, 15) is 9.90 Å². The number of nitrogens with two attached hydrogens (primary N) is 1. The molecule has 1 aromatic carbocycles. The van der Waals surface area contributed by atoms with Crippen LogP contribution in [0.15, 0.2) is 24.4 Å². The number of carbonyl (C=O) groups is 1. The molecule has 1 heterocycles. The zero-order valence-corrected chi connectivity index (χ0v) is 11.2. The first-order valence-electron chi connectivity index (χ1n) is 6.99. The van der Waals surface area contributed by atoms with Crippen molar-refractivity contribution >= 4 is 22.5 Å². The van der Waals surface area contributed by atoms with Gasteiger partial charge in [-0.05, 0) is 43.9 Å². The predicted molar refractivity (Wildman–Crippen MR) is 78.4 cm³/mol. The summed E-state index contributed by atoms with van der Waals surface area (Å²) >= 11 is 0. The molecule has 0 atom stereocenters. The Labute approximate surface area is 117 Å². The van der Waals surface area contributed by atoms with Crippen LogP contribution in [0.5, 0.6) is 0 Å². The van der Waals surface area contributed by atoms with Crippen LogP contribution in [-0.2, 0) is 0 Å². The number of hydrogen-bond acceptors (Lipinski definition) is 3. The lowest BCUT2D eigenvalue weighted by atomic mass is 9.93. The van der Waals surface area contributed by atoms with Crippen LogP contribution in [-0.4, -0.2) is 28.1 Å². The third kappa shape index (κ3) is 2.49. The lowest BCUT2D eigenvalue weighted by Gasteiger charge is -2.26. The van der Waals surface area contributed by atoms with E-state index < -0.39 is 0 Å². The van der Waals surface area contributed by atoms with Crippen molar-refractivity contribution in [3.05, 3.63) is 30.0 Å². The summed E-state index contributed by atoms with van der Waals surface area (Å²) in [5.41, 5.74) is 7.92. The van der Waals surface area contributed by atoms with E-state index >= 15 is 0 Å². The van der Waals surface area contributed by atoms with Gasteiger partial charge in [0.1, 0.15) is 0 Å². The van der Waals surface area contributed by atoms with E-state index in [1.807, 2.05) is 12.1 Å². The topological polar surface area (TPSA) is 91.1 Å². The van der Waals surface area contributed by atoms with Crippen molar-refractivity contribution in [2.24, 2.45) is 0 Å². The molecule has 2 aromatic rings. The number of fused-ring (bicyclic) bond motifs is 1. The molecule has 1 aromatic heterocycles. The Balaban J connectivity index is 1.75. The minimum Gasteiger partial charge on any atom is -0.399 e. The first-order valence-corrected chi connectivity index (χ1v) is 6.99. The number of benzene rings is 1. The third-order valence-electron chi connectivity index (χ3n) is 3.98. The van der Waals surface area contributed by atoms with Gasteiger partial charge in [-0.2, -0.15) is 0 Å². The zero-order valence-electron chi connectivity index (χ0n) is 11.2. The van der Waals surface area contributed by atoms with Crippen LogP contribution in [0, 0.1) is 0 Å². The Morgan fingerprint density at radius 2 is 2.05 bits per heavy atom. The molecule has 0 radical (unpaired) electrons. The van der Waals surface area contributed by atoms with Gasteiger partial charge in [-0.3, -0.25) is 4.79 Å². The Hall–Kier alpha value is -2.01. The molecule has 1 amide bonds. The van der Waals surface area contributed by atoms with Gasteiger partial charge in [0.15, 0.2) is 0 Å². The lowest BCUT2D eigenvalue weighted by molar-refractivity contribution is 0.0869. The normalized spacial score (nSPS) is 22.9. The van der Waals surface area contributed by atoms with E-state index in [-0.39, 0.29) is 18.1 Å². The fourth-order valence-corrected chi connectivity index (χ4v) is 2.81. The van der Waals surface area contributed by atoms with Gasteiger partial charge in [0, 0.05) is 28.8 Å². The monoisotopic (exact) mass is 273 g/mol. The van der Waals surface area contributed by atoms with Crippen molar-refractivity contribution in [2.45, 2.75) is 37.8 Å². The van der Waals surface area contributed by atoms with E-state index in [1.54, 1.807) is 12.3 Å². The largest absolute Gasteiger partial charge is 0.399 e. The summed E-state index contributed by atoms with van der Waals surface area (Å²) in [6.45, 7) is 0. The molecule has 20 heavy (non-hydrogen) atoms. The fraction of sp³-hybridized carbons (Fsp3) is 0.400. The van der Waals surface area contributed by atoms with Crippen LogP contribution >= 0.6 is 0 Å². The third-order valence-corrected chi connectivity index (χ3v) is 3.98. The lowest BCUT2D eigenvalue weighted by Crippen LogP contribution is -2.38. The Kier molecular flexibility index (Phi) is 3.36. The molecule has 0 unspecified atom stereocenters. The number of aromatic nitrogens is 1. The van der Waals surface area contributed by atoms with E-state index in [2.05, 4.69) is 10.3 Å². The van der Waals surface area contributed by atoms with Crippen LogP contribution < -0.4 is 11.1 Å². The minimum atomic E-state index is -0.209. The molecule has 0 spiro atoms. The molecule has 106 valence electrons. The molecular weight excluding hydrogens is 254 g/mol. The van der Waals surface area contributed by atoms with E-state index in [0.717, 1.165) is 36.6 Å². The minimum absolute atomic E-state index is 0.0672. The van der Waals surface area contributed by atoms with Crippen molar-refractivity contribution in [1.82, 2.24) is 10.3 Å². The molecule has 0 aliphatic heterocycles. The number of rotatable bonds is 2. The summed E-state index contributed by atoms with van der Waals surface area (Å²) in [6, 6.07) is 5.64. The maximum Gasteiger partial charge on any atom is 0.253 e. The fourth-order valence-electron chi connectivity index (χ4n) is 2.81. The SMILES string of the molecule is Nc1ccc2c(C(=O)NC3CCC(O)CC3)c[nH]c2c1. The van der Waals surface area contributed by atoms with Gasteiger partial charge >= 0.3 is 0 Å². The van der Waals surface area contributed by atoms with Gasteiger partial charge in [0.25, 0.3) is 5.91 Å². The molecule has 0 saturated heterocycles. The molecular formula is C15H19N3O2. The molecule has 3 rings (SSSR count). The molecule has 1 saturated carbocycles. The highest BCUT2D eigenvalue weighted by Crippen LogP contribution is 2.22. The molecule has 1 aliphatic rings. The molecule has 5 N–H and O–H groups in total. The van der Waals surface area contributed by atoms with E-state index in [1.165, 1.54) is 0 Å². The number of H-pyrrole nitrogens is 1. The summed E-state index contributed by atoms with van der Waals surface area (Å²) in [5.74, 6) is -0.0672. The quantitative estimate of drug-likeness (QED) is 0.629. The van der Waals surface area contributed by atoms with Crippen LogP contribution in [0.2, 0.25) is 0 Å². The number of carbonyl (C=O) groups excluding carboxylic acids is 1. The van der Waals surface area contributed by atoms with Crippen molar-refractivity contribution in [3.63, 3.8) is 0 Å². The highest BCUT2D eigenvalue weighted by Gasteiger charge is 2.22. The van der Waals surface area contributed by atoms with Gasteiger partial charge < -0.3 is 21.1 Å². The van der Waals surface area contributed by atoms with Crippen LogP contribution in [0.1, 0.15) is 36.0 Å². The van der Waals surface area contributed by atoms with Crippen molar-refractivity contribution in [1.29, 1.82) is 0 Å². The standard InChI is InChI=1S/C15H19N3O2/c16-9-1-6-12-13(8-17-14(12)7-9)15(20)18-10-2-4-11(19)5-3-10/h1,6-8,10-11,17,19H,2-5,16H2,(H,18,20). The van der Waals surface area contributed by atoms with Crippen LogP contribution in [0.3, 0.4) is 0 Å². The number of aliphatic hydroxyl groups is 1. The first-order chi connectivity index (χ1) is 9.63. The van der Waals surface area contributed by atoms with Gasteiger partial charge in [0.05, 0.1) is 11.7 Å². The number of nitrogens with one attached hydrogen (secondary N) is 2. The maximum absolute atomic E-state index is 12.3. The number of hydrogen-bond donors (Lipinski definition) is 4. The average Bonchev–Trinajstić information content (AvgIpc) is 2.84. The van der Waals surface area contributed by atoms with Crippen LogP contribution in [0.25, 0.3) is 10.9 Å². The summed E-state index contributed by atoms with van der Waals surface area (Å²) in [4.78, 5) is 15.4. The molecule has 5 heteroatoms. The zero-order chi connectivity index (χ0) is 14.1.